The van der Waals surface area contributed by atoms with E-state index in [0.29, 0.717) is 5.39 Å². The zero-order valence-electron chi connectivity index (χ0n) is 8.86. The summed E-state index contributed by atoms with van der Waals surface area (Å²) in [5, 5.41) is 0.375. The van der Waals surface area contributed by atoms with E-state index >= 15 is 0 Å². The zero-order valence-corrected chi connectivity index (χ0v) is 8.86. The Bertz CT molecular complexity index is 611. The Morgan fingerprint density at radius 3 is 2.56 bits per heavy atom. The maximum atomic E-state index is 12.1. The molecule has 0 aliphatic rings. The van der Waals surface area contributed by atoms with Gasteiger partial charge in [-0.05, 0) is 6.07 Å². The number of hydrogen-bond acceptors (Lipinski definition) is 3. The predicted octanol–water partition coefficient (Wildman–Crippen LogP) is 2.23. The summed E-state index contributed by atoms with van der Waals surface area (Å²) < 4.78 is 40.0. The smallest absolute Gasteiger partial charge is 0.388 e. The number of carbonyl (C=O) groups excluding carboxylic acids is 1. The molecule has 0 saturated carbocycles. The largest absolute Gasteiger partial charge is 0.574 e. The van der Waals surface area contributed by atoms with Gasteiger partial charge in [-0.1, -0.05) is 18.2 Å². The van der Waals surface area contributed by atoms with Gasteiger partial charge in [0.25, 0.3) is 0 Å². The van der Waals surface area contributed by atoms with Crippen LogP contribution < -0.4 is 10.5 Å². The fourth-order valence-electron chi connectivity index (χ4n) is 1.53. The van der Waals surface area contributed by atoms with Crippen LogP contribution in [0.1, 0.15) is 10.4 Å². The fraction of sp³-hybridized carbons (Fsp3) is 0.0909. The number of halogens is 3. The molecule has 2 rings (SSSR count). The molecule has 0 bridgehead atoms. The van der Waals surface area contributed by atoms with Crippen molar-refractivity contribution < 1.29 is 22.7 Å². The number of fused-ring (bicyclic) bond motifs is 1. The molecule has 0 fully saturated rings. The number of para-hydroxylation sites is 1. The molecule has 0 spiro atoms. The third kappa shape index (κ3) is 2.50. The summed E-state index contributed by atoms with van der Waals surface area (Å²) in [4.78, 5) is 14.8. The van der Waals surface area contributed by atoms with E-state index in [9.17, 15) is 18.0 Å². The lowest BCUT2D eigenvalue weighted by Gasteiger charge is -2.10. The Labute approximate surface area is 99.2 Å². The lowest BCUT2D eigenvalue weighted by atomic mass is 10.1. The fourth-order valence-corrected chi connectivity index (χ4v) is 1.53. The van der Waals surface area contributed by atoms with Gasteiger partial charge < -0.3 is 10.5 Å². The van der Waals surface area contributed by atoms with Crippen molar-refractivity contribution in [1.29, 1.82) is 0 Å². The lowest BCUT2D eigenvalue weighted by molar-refractivity contribution is -0.276. The topological polar surface area (TPSA) is 65.2 Å². The molecule has 0 saturated heterocycles. The van der Waals surface area contributed by atoms with Crippen molar-refractivity contribution in [3.63, 3.8) is 0 Å². The van der Waals surface area contributed by atoms with Crippen molar-refractivity contribution in [2.24, 2.45) is 5.73 Å². The number of carbonyl (C=O) groups is 1. The van der Waals surface area contributed by atoms with Crippen molar-refractivity contribution in [1.82, 2.24) is 4.98 Å². The monoisotopic (exact) mass is 256 g/mol. The normalized spacial score (nSPS) is 11.5. The van der Waals surface area contributed by atoms with Gasteiger partial charge in [-0.25, -0.2) is 4.98 Å². The van der Waals surface area contributed by atoms with Gasteiger partial charge in [-0.15, -0.1) is 13.2 Å². The number of primary amides is 1. The van der Waals surface area contributed by atoms with Gasteiger partial charge in [0.05, 0.1) is 11.1 Å². The van der Waals surface area contributed by atoms with Crippen molar-refractivity contribution >= 4 is 16.8 Å². The molecular formula is C11H7F3N2O2. The second-order valence-corrected chi connectivity index (χ2v) is 3.44. The van der Waals surface area contributed by atoms with Gasteiger partial charge in [0.15, 0.2) is 0 Å². The van der Waals surface area contributed by atoms with Crippen LogP contribution in [0.2, 0.25) is 0 Å². The highest BCUT2D eigenvalue weighted by Gasteiger charge is 2.32. The van der Waals surface area contributed by atoms with E-state index in [1.165, 1.54) is 6.07 Å². The Kier molecular flexibility index (Phi) is 2.82. The summed E-state index contributed by atoms with van der Waals surface area (Å²) in [5.74, 6) is -1.56. The molecule has 0 unspecified atom stereocenters. The summed E-state index contributed by atoms with van der Waals surface area (Å²) in [5.41, 5.74) is 5.24. The molecule has 7 heteroatoms. The van der Waals surface area contributed by atoms with Gasteiger partial charge in [0.2, 0.25) is 11.8 Å². The number of amides is 1. The van der Waals surface area contributed by atoms with Gasteiger partial charge in [0.1, 0.15) is 0 Å². The summed E-state index contributed by atoms with van der Waals surface area (Å²) in [6, 6.07) is 7.08. The summed E-state index contributed by atoms with van der Waals surface area (Å²) >= 11 is 0. The van der Waals surface area contributed by atoms with Gasteiger partial charge >= 0.3 is 6.36 Å². The highest BCUT2D eigenvalue weighted by Crippen LogP contribution is 2.26. The van der Waals surface area contributed by atoms with E-state index in [1.54, 1.807) is 18.2 Å². The number of aromatic nitrogens is 1. The first-order valence-corrected chi connectivity index (χ1v) is 4.82. The molecule has 1 amide bonds. The number of benzene rings is 1. The molecule has 2 N–H and O–H groups in total. The highest BCUT2D eigenvalue weighted by atomic mass is 19.4. The second-order valence-electron chi connectivity index (χ2n) is 3.44. The van der Waals surface area contributed by atoms with Crippen LogP contribution in [0, 0.1) is 0 Å². The average Bonchev–Trinajstić information content (AvgIpc) is 2.25. The standard InChI is InChI=1S/C11H7F3N2O2/c12-11(13,14)18-9-5-7(10(15)17)6-3-1-2-4-8(6)16-9/h1-5H,(H2,15,17). The molecule has 4 nitrogen and oxygen atoms in total. The van der Waals surface area contributed by atoms with Crippen LogP contribution in [0.3, 0.4) is 0 Å². The van der Waals surface area contributed by atoms with Crippen LogP contribution >= 0.6 is 0 Å². The molecule has 0 radical (unpaired) electrons. The quantitative estimate of drug-likeness (QED) is 0.896. The third-order valence-corrected chi connectivity index (χ3v) is 2.18. The number of hydrogen-bond donors (Lipinski definition) is 1. The molecule has 1 aromatic carbocycles. The van der Waals surface area contributed by atoms with Crippen LogP contribution in [-0.4, -0.2) is 17.3 Å². The van der Waals surface area contributed by atoms with Crippen LogP contribution in [0.4, 0.5) is 13.2 Å². The van der Waals surface area contributed by atoms with E-state index < -0.39 is 18.1 Å². The van der Waals surface area contributed by atoms with Gasteiger partial charge in [-0.2, -0.15) is 0 Å². The number of alkyl halides is 3. The first-order chi connectivity index (χ1) is 8.37. The van der Waals surface area contributed by atoms with Crippen molar-refractivity contribution in [3.8, 4) is 5.88 Å². The SMILES string of the molecule is NC(=O)c1cc(OC(F)(F)F)nc2ccccc12. The van der Waals surface area contributed by atoms with E-state index in [4.69, 9.17) is 5.73 Å². The van der Waals surface area contributed by atoms with Gasteiger partial charge in [-0.3, -0.25) is 4.79 Å². The Morgan fingerprint density at radius 2 is 1.94 bits per heavy atom. The summed E-state index contributed by atoms with van der Waals surface area (Å²) in [6.07, 6.45) is -4.87. The summed E-state index contributed by atoms with van der Waals surface area (Å²) in [7, 11) is 0. The van der Waals surface area contributed by atoms with E-state index in [-0.39, 0.29) is 11.1 Å². The number of nitrogens with zero attached hydrogens (tertiary/aromatic N) is 1. The van der Waals surface area contributed by atoms with Crippen molar-refractivity contribution in [2.75, 3.05) is 0 Å². The van der Waals surface area contributed by atoms with E-state index in [2.05, 4.69) is 9.72 Å². The molecule has 18 heavy (non-hydrogen) atoms. The molecule has 94 valence electrons. The molecular weight excluding hydrogens is 249 g/mol. The minimum atomic E-state index is -4.87. The zero-order chi connectivity index (χ0) is 13.3. The first-order valence-electron chi connectivity index (χ1n) is 4.82. The molecule has 1 aromatic heterocycles. The molecule has 0 atom stereocenters. The minimum absolute atomic E-state index is 0.0696. The van der Waals surface area contributed by atoms with Gasteiger partial charge in [0, 0.05) is 11.5 Å². The first kappa shape index (κ1) is 12.2. The Morgan fingerprint density at radius 1 is 1.28 bits per heavy atom. The lowest BCUT2D eigenvalue weighted by Crippen LogP contribution is -2.19. The van der Waals surface area contributed by atoms with Crippen LogP contribution in [0.5, 0.6) is 5.88 Å². The third-order valence-electron chi connectivity index (χ3n) is 2.18. The Hall–Kier alpha value is -2.31. The number of nitrogens with two attached hydrogens (primary N) is 1. The summed E-state index contributed by atoms with van der Waals surface area (Å²) in [6.45, 7) is 0. The van der Waals surface area contributed by atoms with E-state index in [0.717, 1.165) is 6.07 Å². The highest BCUT2D eigenvalue weighted by molar-refractivity contribution is 6.05. The number of ether oxygens (including phenoxy) is 1. The number of pyridine rings is 1. The average molecular weight is 256 g/mol. The molecule has 0 aliphatic carbocycles. The second kappa shape index (κ2) is 4.17. The predicted molar refractivity (Wildman–Crippen MR) is 56.9 cm³/mol. The molecule has 1 heterocycles. The Balaban J connectivity index is 2.61. The van der Waals surface area contributed by atoms with Crippen LogP contribution in [0.25, 0.3) is 10.9 Å². The molecule has 2 aromatic rings. The van der Waals surface area contributed by atoms with Crippen LogP contribution in [0.15, 0.2) is 30.3 Å². The van der Waals surface area contributed by atoms with E-state index in [1.807, 2.05) is 0 Å². The van der Waals surface area contributed by atoms with Crippen LogP contribution in [-0.2, 0) is 0 Å². The maximum absolute atomic E-state index is 12.1. The minimum Gasteiger partial charge on any atom is -0.388 e. The number of rotatable bonds is 2. The maximum Gasteiger partial charge on any atom is 0.574 e. The van der Waals surface area contributed by atoms with Crippen molar-refractivity contribution in [3.05, 3.63) is 35.9 Å². The van der Waals surface area contributed by atoms with Crippen molar-refractivity contribution in [2.45, 2.75) is 6.36 Å². The molecule has 0 aliphatic heterocycles.